The summed E-state index contributed by atoms with van der Waals surface area (Å²) in [6, 6.07) is 0.606. The van der Waals surface area contributed by atoms with Gasteiger partial charge in [0.15, 0.2) is 9.84 Å². The summed E-state index contributed by atoms with van der Waals surface area (Å²) in [5.74, 6) is -0.421. The van der Waals surface area contributed by atoms with Crippen LogP contribution in [-0.2, 0) is 14.6 Å². The minimum absolute atomic E-state index is 0.421. The lowest BCUT2D eigenvalue weighted by Gasteiger charge is -2.10. The molecule has 1 unspecified atom stereocenters. The zero-order valence-corrected chi connectivity index (χ0v) is 9.93. The highest BCUT2D eigenvalue weighted by molar-refractivity contribution is 7.92. The van der Waals surface area contributed by atoms with Crippen LogP contribution in [0.4, 0.5) is 0 Å². The van der Waals surface area contributed by atoms with Crippen molar-refractivity contribution in [3.8, 4) is 0 Å². The molecular formula is C9H18N2O3S. The first-order valence-electron chi connectivity index (χ1n) is 5.11. The number of rotatable bonds is 6. The van der Waals surface area contributed by atoms with Gasteiger partial charge in [0.1, 0.15) is 5.25 Å². The summed E-state index contributed by atoms with van der Waals surface area (Å²) in [4.78, 5) is 11.3. The number of carbonyl (C=O) groups excluding carboxylic acids is 1. The molecule has 1 fully saturated rings. The Morgan fingerprint density at radius 1 is 1.40 bits per heavy atom. The zero-order valence-electron chi connectivity index (χ0n) is 9.12. The first kappa shape index (κ1) is 12.4. The fraction of sp³-hybridized carbons (Fsp3) is 0.889. The van der Waals surface area contributed by atoms with Gasteiger partial charge in [-0.1, -0.05) is 0 Å². The van der Waals surface area contributed by atoms with Gasteiger partial charge >= 0.3 is 0 Å². The minimum atomic E-state index is -3.28. The maximum Gasteiger partial charge on any atom is 0.238 e. The number of hydrogen-bond acceptors (Lipinski definition) is 4. The van der Waals surface area contributed by atoms with E-state index in [0.717, 1.165) is 6.26 Å². The molecule has 5 nitrogen and oxygen atoms in total. The van der Waals surface area contributed by atoms with Gasteiger partial charge in [-0.2, -0.15) is 0 Å². The second-order valence-corrected chi connectivity index (χ2v) is 6.36. The molecule has 2 N–H and O–H groups in total. The molecule has 0 heterocycles. The lowest BCUT2D eigenvalue weighted by Crippen LogP contribution is -2.40. The first-order chi connectivity index (χ1) is 6.91. The Morgan fingerprint density at radius 3 is 2.47 bits per heavy atom. The zero-order chi connectivity index (χ0) is 11.5. The van der Waals surface area contributed by atoms with E-state index in [1.54, 1.807) is 0 Å². The molecule has 1 rings (SSSR count). The molecule has 0 aliphatic heterocycles. The van der Waals surface area contributed by atoms with E-state index in [-0.39, 0.29) is 0 Å². The highest BCUT2D eigenvalue weighted by Crippen LogP contribution is 2.17. The van der Waals surface area contributed by atoms with E-state index in [1.165, 1.54) is 19.8 Å². The van der Waals surface area contributed by atoms with Crippen molar-refractivity contribution in [2.24, 2.45) is 0 Å². The molecule has 1 aliphatic carbocycles. The Kier molecular flexibility index (Phi) is 4.10. The van der Waals surface area contributed by atoms with Gasteiger partial charge in [0, 0.05) is 25.4 Å². The number of amides is 1. The normalized spacial score (nSPS) is 18.5. The topological polar surface area (TPSA) is 75.3 Å². The van der Waals surface area contributed by atoms with Crippen LogP contribution < -0.4 is 10.6 Å². The van der Waals surface area contributed by atoms with Crippen molar-refractivity contribution in [1.29, 1.82) is 0 Å². The third kappa shape index (κ3) is 4.61. The van der Waals surface area contributed by atoms with Crippen LogP contribution in [0.1, 0.15) is 19.8 Å². The lowest BCUT2D eigenvalue weighted by atomic mass is 10.4. The van der Waals surface area contributed by atoms with Gasteiger partial charge in [-0.3, -0.25) is 4.79 Å². The predicted octanol–water partition coefficient (Wildman–Crippen LogP) is -0.712. The van der Waals surface area contributed by atoms with Crippen LogP contribution in [0.5, 0.6) is 0 Å². The average Bonchev–Trinajstić information content (AvgIpc) is 2.93. The first-order valence-corrected chi connectivity index (χ1v) is 7.06. The average molecular weight is 234 g/mol. The summed E-state index contributed by atoms with van der Waals surface area (Å²) in [6.07, 6.45) is 3.47. The van der Waals surface area contributed by atoms with Gasteiger partial charge < -0.3 is 10.6 Å². The van der Waals surface area contributed by atoms with Gasteiger partial charge in [0.05, 0.1) is 0 Å². The van der Waals surface area contributed by atoms with E-state index in [1.807, 2.05) is 0 Å². The van der Waals surface area contributed by atoms with Crippen LogP contribution in [0.25, 0.3) is 0 Å². The van der Waals surface area contributed by atoms with E-state index < -0.39 is 21.0 Å². The second kappa shape index (κ2) is 4.94. The van der Waals surface area contributed by atoms with Crippen molar-refractivity contribution in [3.63, 3.8) is 0 Å². The Balaban J connectivity index is 2.16. The number of carbonyl (C=O) groups is 1. The van der Waals surface area contributed by atoms with Gasteiger partial charge in [-0.25, -0.2) is 8.42 Å². The highest BCUT2D eigenvalue weighted by Gasteiger charge is 2.23. The second-order valence-electron chi connectivity index (χ2n) is 3.99. The summed E-state index contributed by atoms with van der Waals surface area (Å²) in [5.41, 5.74) is 0. The largest absolute Gasteiger partial charge is 0.354 e. The molecule has 0 aromatic carbocycles. The van der Waals surface area contributed by atoms with Crippen molar-refractivity contribution in [1.82, 2.24) is 10.6 Å². The number of hydrogen-bond donors (Lipinski definition) is 2. The molecule has 6 heteroatoms. The molecule has 0 aromatic rings. The SMILES string of the molecule is CC(C(=O)NCCNC1CC1)S(C)(=O)=O. The third-order valence-corrected chi connectivity index (χ3v) is 3.94. The van der Waals surface area contributed by atoms with Crippen molar-refractivity contribution in [2.45, 2.75) is 31.1 Å². The Bertz CT molecular complexity index is 322. The summed E-state index contributed by atoms with van der Waals surface area (Å²) in [5, 5.41) is 4.86. The van der Waals surface area contributed by atoms with Crippen LogP contribution in [0, 0.1) is 0 Å². The fourth-order valence-electron chi connectivity index (χ4n) is 1.09. The molecule has 1 atom stereocenters. The minimum Gasteiger partial charge on any atom is -0.354 e. The molecule has 0 saturated heterocycles. The van der Waals surface area contributed by atoms with E-state index in [0.29, 0.717) is 19.1 Å². The van der Waals surface area contributed by atoms with E-state index in [9.17, 15) is 13.2 Å². The van der Waals surface area contributed by atoms with Crippen LogP contribution in [0.3, 0.4) is 0 Å². The Labute approximate surface area is 90.5 Å². The number of sulfone groups is 1. The highest BCUT2D eigenvalue weighted by atomic mass is 32.2. The molecule has 0 spiro atoms. The summed E-state index contributed by atoms with van der Waals surface area (Å²) in [6.45, 7) is 2.58. The molecular weight excluding hydrogens is 216 g/mol. The maximum absolute atomic E-state index is 11.3. The van der Waals surface area contributed by atoms with Crippen LogP contribution in [0.2, 0.25) is 0 Å². The van der Waals surface area contributed by atoms with Crippen LogP contribution >= 0.6 is 0 Å². The monoisotopic (exact) mass is 234 g/mol. The molecule has 1 amide bonds. The van der Waals surface area contributed by atoms with Crippen LogP contribution in [-0.4, -0.2) is 45.0 Å². The van der Waals surface area contributed by atoms with Crippen molar-refractivity contribution in [3.05, 3.63) is 0 Å². The summed E-state index contributed by atoms with van der Waals surface area (Å²) in [7, 11) is -3.28. The van der Waals surface area contributed by atoms with Gasteiger partial charge in [0.2, 0.25) is 5.91 Å². The molecule has 1 saturated carbocycles. The molecule has 15 heavy (non-hydrogen) atoms. The van der Waals surface area contributed by atoms with Crippen molar-refractivity contribution in [2.75, 3.05) is 19.3 Å². The van der Waals surface area contributed by atoms with E-state index in [4.69, 9.17) is 0 Å². The lowest BCUT2D eigenvalue weighted by molar-refractivity contribution is -0.120. The van der Waals surface area contributed by atoms with Crippen molar-refractivity contribution >= 4 is 15.7 Å². The van der Waals surface area contributed by atoms with Gasteiger partial charge in [-0.15, -0.1) is 0 Å². The predicted molar refractivity (Wildman–Crippen MR) is 58.3 cm³/mol. The van der Waals surface area contributed by atoms with Crippen LogP contribution in [0.15, 0.2) is 0 Å². The Hall–Kier alpha value is -0.620. The Morgan fingerprint density at radius 2 is 2.00 bits per heavy atom. The van der Waals surface area contributed by atoms with Gasteiger partial charge in [-0.05, 0) is 19.8 Å². The molecule has 0 radical (unpaired) electrons. The summed E-state index contributed by atoms with van der Waals surface area (Å²) >= 11 is 0. The summed E-state index contributed by atoms with van der Waals surface area (Å²) < 4.78 is 22.1. The maximum atomic E-state index is 11.3. The molecule has 1 aliphatic rings. The van der Waals surface area contributed by atoms with E-state index >= 15 is 0 Å². The number of nitrogens with one attached hydrogen (secondary N) is 2. The fourth-order valence-corrected chi connectivity index (χ4v) is 1.56. The van der Waals surface area contributed by atoms with Gasteiger partial charge in [0.25, 0.3) is 0 Å². The molecule has 88 valence electrons. The van der Waals surface area contributed by atoms with Crippen molar-refractivity contribution < 1.29 is 13.2 Å². The quantitative estimate of drug-likeness (QED) is 0.595. The third-order valence-electron chi connectivity index (χ3n) is 2.45. The smallest absolute Gasteiger partial charge is 0.238 e. The molecule has 0 bridgehead atoms. The standard InChI is InChI=1S/C9H18N2O3S/c1-7(15(2,13)14)9(12)11-6-5-10-8-3-4-8/h7-8,10H,3-6H2,1-2H3,(H,11,12). The van der Waals surface area contributed by atoms with E-state index in [2.05, 4.69) is 10.6 Å². The molecule has 0 aromatic heterocycles.